The van der Waals surface area contributed by atoms with Crippen LogP contribution in [-0.4, -0.2) is 156 Å². The molecule has 13 aromatic heterocycles. The molecule has 660 valence electrons. The third kappa shape index (κ3) is 19.5. The summed E-state index contributed by atoms with van der Waals surface area (Å²) >= 11 is 0. The van der Waals surface area contributed by atoms with Crippen molar-refractivity contribution in [2.45, 2.75) is 111 Å². The largest absolute Gasteiger partial charge is 0.481 e. The number of benzene rings is 7. The highest BCUT2D eigenvalue weighted by Gasteiger charge is 2.32. The number of hydrogen-bond donors (Lipinski definition) is 11. The van der Waals surface area contributed by atoms with Crippen LogP contribution in [0.2, 0.25) is 0 Å². The van der Waals surface area contributed by atoms with Crippen molar-refractivity contribution in [1.82, 2.24) is 142 Å². The number of nitrogens with zero attached hydrogens (tertiary/aromatic N) is 17. The molecule has 35 heteroatoms. The van der Waals surface area contributed by atoms with E-state index in [0.717, 1.165) is 218 Å². The van der Waals surface area contributed by atoms with Gasteiger partial charge in [0, 0.05) is 151 Å². The van der Waals surface area contributed by atoms with Crippen LogP contribution in [0.15, 0.2) is 193 Å². The molecule has 131 heavy (non-hydrogen) atoms. The second-order valence-electron chi connectivity index (χ2n) is 34.0. The highest BCUT2D eigenvalue weighted by molar-refractivity contribution is 5.99. The number of pyridine rings is 3. The molecular formula is C96H90F4N28O3. The van der Waals surface area contributed by atoms with Crippen LogP contribution in [-0.2, 0) is 38.3 Å². The zero-order valence-corrected chi connectivity index (χ0v) is 72.4. The first-order valence-corrected chi connectivity index (χ1v) is 43.3. The molecule has 0 saturated heterocycles. The van der Waals surface area contributed by atoms with Crippen molar-refractivity contribution in [3.05, 3.63) is 245 Å². The summed E-state index contributed by atoms with van der Waals surface area (Å²) in [7, 11) is 3.20. The number of alkyl halides is 3. The molecule has 13 heterocycles. The fourth-order valence-corrected chi connectivity index (χ4v) is 15.5. The van der Waals surface area contributed by atoms with Gasteiger partial charge in [0.25, 0.3) is 0 Å². The van der Waals surface area contributed by atoms with Gasteiger partial charge in [0.05, 0.1) is 58.8 Å². The van der Waals surface area contributed by atoms with E-state index in [9.17, 15) is 22.4 Å². The predicted octanol–water partition coefficient (Wildman–Crippen LogP) is 19.3. The Bertz CT molecular complexity index is 7310. The van der Waals surface area contributed by atoms with Crippen molar-refractivity contribution in [3.63, 3.8) is 0 Å². The monoisotopic (exact) mass is 1760 g/mol. The van der Waals surface area contributed by atoms with Crippen LogP contribution in [0.5, 0.6) is 11.8 Å². The highest BCUT2D eigenvalue weighted by atomic mass is 19.4. The quantitative estimate of drug-likeness (QED) is 0.0281. The number of halogens is 4. The van der Waals surface area contributed by atoms with Crippen LogP contribution >= 0.6 is 0 Å². The van der Waals surface area contributed by atoms with Crippen LogP contribution in [0.4, 0.5) is 17.6 Å². The van der Waals surface area contributed by atoms with Gasteiger partial charge >= 0.3 is 6.18 Å². The first-order valence-electron chi connectivity index (χ1n) is 43.3. The van der Waals surface area contributed by atoms with E-state index >= 15 is 0 Å². The number of fused-ring (bicyclic) bond motifs is 5. The third-order valence-electron chi connectivity index (χ3n) is 22.9. The SMILES string of the molecule is CC(C)Cc1nc(-c2ccc3[nH]nc(-c4ccc(=O)[nH]c4)c3c2)n[nH]1.COc1ccc(-c2n[nH]c3ccc(-c4n[nH]c(CC(C)C)n4)cc23)cn1.COc1ccc(-c2n[nH]c3ccc(-c4n[nH]c(CC5CC5)n4)cc23)cn1.Cc1cc(-c2n[nH]c3ccc(-c4n[nH]c(CC5CC5)n4)cc23)ccc1F.FC(F)(F)c1cccc(-c2n[nH]c3ccc(-c4n[nH]c(CC5CC5)n4)cc23)c1. The minimum Gasteiger partial charge on any atom is -0.481 e. The maximum atomic E-state index is 13.6. The zero-order chi connectivity index (χ0) is 90.0. The van der Waals surface area contributed by atoms with Gasteiger partial charge in [0.1, 0.15) is 52.0 Å². The highest BCUT2D eigenvalue weighted by Crippen LogP contribution is 2.40. The molecule has 0 spiro atoms. The third-order valence-corrected chi connectivity index (χ3v) is 22.9. The number of rotatable bonds is 22. The molecule has 0 amide bonds. The lowest BCUT2D eigenvalue weighted by molar-refractivity contribution is -0.137. The van der Waals surface area contributed by atoms with Gasteiger partial charge in [-0.05, 0) is 220 Å². The first-order chi connectivity index (χ1) is 63.7. The van der Waals surface area contributed by atoms with E-state index < -0.39 is 11.7 Å². The Morgan fingerprint density at radius 1 is 0.359 bits per heavy atom. The molecule has 11 N–H and O–H groups in total. The Kier molecular flexibility index (Phi) is 23.6. The molecular weight excluding hydrogens is 1670 g/mol. The van der Waals surface area contributed by atoms with Crippen LogP contribution in [0.3, 0.4) is 0 Å². The molecule has 31 nitrogen and oxygen atoms in total. The smallest absolute Gasteiger partial charge is 0.416 e. The number of nitrogens with one attached hydrogen (secondary N) is 11. The van der Waals surface area contributed by atoms with E-state index in [4.69, 9.17) is 9.47 Å². The van der Waals surface area contributed by atoms with Crippen LogP contribution < -0.4 is 15.0 Å². The van der Waals surface area contributed by atoms with Crippen LogP contribution in [0.1, 0.15) is 106 Å². The van der Waals surface area contributed by atoms with E-state index in [2.05, 4.69) is 182 Å². The number of H-pyrrole nitrogens is 11. The maximum absolute atomic E-state index is 13.6. The van der Waals surface area contributed by atoms with Crippen molar-refractivity contribution in [2.75, 3.05) is 14.2 Å². The standard InChI is InChI=1S/C20H16F3N5.C20H18FN5.C19H18N6O.C19H20N6O.C18H18N6O/c21-20(22,23)14-3-1-2-12(9-14)18-15-10-13(6-7-16(15)25-27-18)19-24-17(26-28-19)8-11-4-5-11;1-11-8-13(4-6-16(11)21)19-15-10-14(5-7-17(15)23-25-19)20-22-18(24-26-20)9-12-2-3-12;1-26-17-7-5-13(10-20-17)18-14-9-12(4-6-15(14)22-24-18)19-21-16(23-25-19)8-11-2-3-11;1-11(2)8-16-21-19(25-23-16)12-4-6-15-14(9-12)18(24-22-15)13-5-7-17(26-3)20-10-13;1-10(2)7-15-20-18(24-22-15)11-3-5-14-13(8-11)17(23-21-14)12-4-6-16(25)19-9-12/h1-3,6-7,9-11H,4-5,8H2,(H,25,27)(H,24,26,28);4-8,10,12H,2-3,9H2,1H3,(H,23,25)(H,22,24,26);4-7,9-11H,2-3,8H2,1H3,(H,22,24)(H,21,23,25);4-7,9-11H,8H2,1-3H3,(H,22,24)(H,21,23,25);3-6,8-10H,7H2,1-2H3,(H,19,25)(H,21,23)(H,20,22,24). The molecule has 23 rings (SSSR count). The van der Waals surface area contributed by atoms with E-state index in [1.165, 1.54) is 56.7 Å². The van der Waals surface area contributed by atoms with Crippen molar-refractivity contribution in [3.8, 4) is 125 Å². The van der Waals surface area contributed by atoms with Gasteiger partial charge < -0.3 is 14.5 Å². The number of aromatic nitrogens is 28. The number of hydrogen-bond acceptors (Lipinski definition) is 20. The van der Waals surface area contributed by atoms with E-state index in [0.29, 0.717) is 69.6 Å². The molecule has 3 fully saturated rings. The summed E-state index contributed by atoms with van der Waals surface area (Å²) in [4.78, 5) is 45.5. The number of aryl methyl sites for hydroxylation is 1. The molecule has 20 aromatic rings. The van der Waals surface area contributed by atoms with E-state index in [1.54, 1.807) is 57.9 Å². The van der Waals surface area contributed by atoms with Crippen molar-refractivity contribution >= 4 is 54.5 Å². The van der Waals surface area contributed by atoms with Gasteiger partial charge in [-0.15, -0.1) is 0 Å². The molecule has 3 saturated carbocycles. The molecule has 0 bridgehead atoms. The van der Waals surface area contributed by atoms with Gasteiger partial charge in [-0.3, -0.25) is 55.8 Å². The summed E-state index contributed by atoms with van der Waals surface area (Å²) in [6.07, 6.45) is 13.0. The lowest BCUT2D eigenvalue weighted by atomic mass is 10.0. The minimum absolute atomic E-state index is 0.136. The Morgan fingerprint density at radius 3 is 0.992 bits per heavy atom. The topological polar surface area (TPSA) is 428 Å². The van der Waals surface area contributed by atoms with Gasteiger partial charge in [0.15, 0.2) is 29.1 Å². The van der Waals surface area contributed by atoms with E-state index in [1.807, 2.05) is 109 Å². The minimum atomic E-state index is -4.40. The molecule has 3 aliphatic rings. The summed E-state index contributed by atoms with van der Waals surface area (Å²) in [5, 5.41) is 78.6. The molecule has 7 aromatic carbocycles. The van der Waals surface area contributed by atoms with Gasteiger partial charge in [-0.25, -0.2) is 39.3 Å². The van der Waals surface area contributed by atoms with Crippen LogP contribution in [0, 0.1) is 42.3 Å². The average molecular weight is 1760 g/mol. The Balaban J connectivity index is 0.000000106. The van der Waals surface area contributed by atoms with Crippen LogP contribution in [0.25, 0.3) is 168 Å². The van der Waals surface area contributed by atoms with Gasteiger partial charge in [0.2, 0.25) is 17.3 Å². The Hall–Kier alpha value is -15.8. The van der Waals surface area contributed by atoms with Crippen molar-refractivity contribution in [1.29, 1.82) is 0 Å². The summed E-state index contributed by atoms with van der Waals surface area (Å²) in [5.74, 6) is 12.2. The lowest BCUT2D eigenvalue weighted by Crippen LogP contribution is -2.04. The second-order valence-corrected chi connectivity index (χ2v) is 34.0. The summed E-state index contributed by atoms with van der Waals surface area (Å²) in [5.41, 5.74) is 16.6. The number of aromatic amines is 11. The predicted molar refractivity (Wildman–Crippen MR) is 490 cm³/mol. The fourth-order valence-electron chi connectivity index (χ4n) is 15.5. The summed E-state index contributed by atoms with van der Waals surface area (Å²) < 4.78 is 63.0. The Labute approximate surface area is 744 Å². The molecule has 0 unspecified atom stereocenters. The first kappa shape index (κ1) is 84.6. The molecule has 0 atom stereocenters. The normalized spacial score (nSPS) is 13.2. The zero-order valence-electron chi connectivity index (χ0n) is 72.4. The molecule has 0 aliphatic heterocycles. The number of ether oxygens (including phenoxy) is 2. The van der Waals surface area contributed by atoms with E-state index in [-0.39, 0.29) is 11.4 Å². The summed E-state index contributed by atoms with van der Waals surface area (Å²) in [6, 6.07) is 50.7. The molecule has 3 aliphatic carbocycles. The number of methoxy groups -OCH3 is 2. The second kappa shape index (κ2) is 36.5. The lowest BCUT2D eigenvalue weighted by Gasteiger charge is -2.07. The molecule has 0 radical (unpaired) electrons. The maximum Gasteiger partial charge on any atom is 0.416 e. The Morgan fingerprint density at radius 2 is 0.679 bits per heavy atom. The van der Waals surface area contributed by atoms with Crippen molar-refractivity contribution in [2.24, 2.45) is 29.6 Å². The summed E-state index contributed by atoms with van der Waals surface area (Å²) in [6.45, 7) is 10.4. The average Bonchev–Trinajstić information content (AvgIpc) is 1.66. The fraction of sp³-hybridized carbons (Fsp3) is 0.250. The van der Waals surface area contributed by atoms with Gasteiger partial charge in [-0.2, -0.15) is 64.2 Å². The van der Waals surface area contributed by atoms with Gasteiger partial charge in [-0.1, -0.05) is 39.8 Å². The van der Waals surface area contributed by atoms with Crippen molar-refractivity contribution < 1.29 is 27.0 Å².